The van der Waals surface area contributed by atoms with E-state index in [1.165, 1.54) is 17.8 Å². The van der Waals surface area contributed by atoms with Crippen LogP contribution in [0, 0.1) is 6.92 Å². The van der Waals surface area contributed by atoms with Crippen molar-refractivity contribution in [1.29, 1.82) is 0 Å². The van der Waals surface area contributed by atoms with Crippen molar-refractivity contribution in [3.63, 3.8) is 0 Å². The van der Waals surface area contributed by atoms with Crippen LogP contribution in [0.1, 0.15) is 42.0 Å². The number of hydrogen-bond acceptors (Lipinski definition) is 6. The molecule has 1 atom stereocenters. The van der Waals surface area contributed by atoms with Crippen molar-refractivity contribution in [1.82, 2.24) is 9.55 Å². The van der Waals surface area contributed by atoms with E-state index in [-0.39, 0.29) is 17.9 Å². The molecule has 21 heavy (non-hydrogen) atoms. The molecule has 0 amide bonds. The molecule has 0 unspecified atom stereocenters. The van der Waals surface area contributed by atoms with Crippen molar-refractivity contribution >= 4 is 33.3 Å². The topological polar surface area (TPSA) is 78.3 Å². The molecular formula is C14H16N2O4S. The van der Waals surface area contributed by atoms with E-state index in [1.54, 1.807) is 20.8 Å². The molecule has 0 N–H and O–H groups in total. The van der Waals surface area contributed by atoms with Crippen LogP contribution in [0.3, 0.4) is 0 Å². The normalized spacial score (nSPS) is 12.4. The molecule has 2 aromatic heterocycles. The van der Waals surface area contributed by atoms with Crippen LogP contribution >= 0.6 is 11.3 Å². The van der Waals surface area contributed by atoms with Gasteiger partial charge in [0.2, 0.25) is 0 Å². The number of Topliss-reactive ketones (excluding diaryl/α,β-unsaturated/α-hetero) is 1. The fourth-order valence-corrected chi connectivity index (χ4v) is 3.03. The van der Waals surface area contributed by atoms with Gasteiger partial charge in [0.1, 0.15) is 9.71 Å². The summed E-state index contributed by atoms with van der Waals surface area (Å²) in [5.74, 6) is -0.583. The molecule has 112 valence electrons. The van der Waals surface area contributed by atoms with Gasteiger partial charge >= 0.3 is 5.97 Å². The van der Waals surface area contributed by atoms with Crippen LogP contribution in [0.4, 0.5) is 0 Å². The van der Waals surface area contributed by atoms with E-state index in [2.05, 4.69) is 4.98 Å². The van der Waals surface area contributed by atoms with E-state index in [0.29, 0.717) is 20.7 Å². The first-order valence-corrected chi connectivity index (χ1v) is 7.37. The van der Waals surface area contributed by atoms with Crippen LogP contribution in [0.25, 0.3) is 10.2 Å². The number of fused-ring (bicyclic) bond motifs is 1. The van der Waals surface area contributed by atoms with Gasteiger partial charge in [-0.1, -0.05) is 0 Å². The number of carbonyl (C=O) groups excluding carboxylic acids is 2. The minimum Gasteiger partial charge on any atom is -0.462 e. The van der Waals surface area contributed by atoms with Crippen LogP contribution in [-0.2, 0) is 9.53 Å². The predicted octanol–water partition coefficient (Wildman–Crippen LogP) is 2.09. The van der Waals surface area contributed by atoms with Crippen molar-refractivity contribution in [2.75, 3.05) is 6.61 Å². The summed E-state index contributed by atoms with van der Waals surface area (Å²) in [7, 11) is 0. The predicted molar refractivity (Wildman–Crippen MR) is 80.0 cm³/mol. The molecule has 6 nitrogen and oxygen atoms in total. The van der Waals surface area contributed by atoms with E-state index in [1.807, 2.05) is 0 Å². The summed E-state index contributed by atoms with van der Waals surface area (Å²) in [4.78, 5) is 40.9. The average Bonchev–Trinajstić information content (AvgIpc) is 2.77. The van der Waals surface area contributed by atoms with E-state index >= 15 is 0 Å². The lowest BCUT2D eigenvalue weighted by atomic mass is 10.2. The van der Waals surface area contributed by atoms with Crippen LogP contribution in [0.2, 0.25) is 0 Å². The number of ketones is 1. The monoisotopic (exact) mass is 308 g/mol. The molecule has 0 fully saturated rings. The van der Waals surface area contributed by atoms with Gasteiger partial charge in [-0.2, -0.15) is 0 Å². The molecule has 2 heterocycles. The Morgan fingerprint density at radius 2 is 2.14 bits per heavy atom. The SMILES string of the molecule is CCOC(=O)c1sc2ncn([C@H](C)C(C)=O)c(=O)c2c1C. The summed E-state index contributed by atoms with van der Waals surface area (Å²) in [6, 6.07) is -0.584. The average molecular weight is 308 g/mol. The number of ether oxygens (including phenoxy) is 1. The Morgan fingerprint density at radius 3 is 2.71 bits per heavy atom. The van der Waals surface area contributed by atoms with Crippen molar-refractivity contribution in [2.45, 2.75) is 33.7 Å². The van der Waals surface area contributed by atoms with E-state index in [4.69, 9.17) is 4.74 Å². The molecule has 0 spiro atoms. The van der Waals surface area contributed by atoms with Gasteiger partial charge in [0.25, 0.3) is 5.56 Å². The molecule has 0 aliphatic carbocycles. The highest BCUT2D eigenvalue weighted by Gasteiger charge is 2.22. The summed E-state index contributed by atoms with van der Waals surface area (Å²) >= 11 is 1.13. The van der Waals surface area contributed by atoms with Crippen molar-refractivity contribution in [3.05, 3.63) is 27.1 Å². The first kappa shape index (κ1) is 15.4. The van der Waals surface area contributed by atoms with Gasteiger partial charge in [-0.05, 0) is 33.3 Å². The molecule has 0 bridgehead atoms. The third-order valence-corrected chi connectivity index (χ3v) is 4.52. The third-order valence-electron chi connectivity index (χ3n) is 3.34. The fraction of sp³-hybridized carbons (Fsp3) is 0.429. The Bertz CT molecular complexity index is 775. The molecule has 0 aromatic carbocycles. The molecule has 7 heteroatoms. The molecule has 0 aliphatic rings. The highest BCUT2D eigenvalue weighted by atomic mass is 32.1. The second-order valence-electron chi connectivity index (χ2n) is 4.70. The maximum absolute atomic E-state index is 12.5. The summed E-state index contributed by atoms with van der Waals surface area (Å²) in [5, 5.41) is 0.374. The minimum absolute atomic E-state index is 0.128. The smallest absolute Gasteiger partial charge is 0.348 e. The van der Waals surface area contributed by atoms with Crippen LogP contribution in [0.15, 0.2) is 11.1 Å². The number of carbonyl (C=O) groups is 2. The number of esters is 1. The molecule has 0 aliphatic heterocycles. The highest BCUT2D eigenvalue weighted by molar-refractivity contribution is 7.20. The Hall–Kier alpha value is -2.02. The highest BCUT2D eigenvalue weighted by Crippen LogP contribution is 2.27. The molecule has 2 aromatic rings. The Morgan fingerprint density at radius 1 is 1.48 bits per heavy atom. The molecular weight excluding hydrogens is 292 g/mol. The number of aryl methyl sites for hydroxylation is 1. The maximum Gasteiger partial charge on any atom is 0.348 e. The van der Waals surface area contributed by atoms with Gasteiger partial charge in [0.05, 0.1) is 24.4 Å². The van der Waals surface area contributed by atoms with Crippen molar-refractivity contribution in [2.24, 2.45) is 0 Å². The Labute approximate surface area is 125 Å². The second kappa shape index (κ2) is 5.77. The maximum atomic E-state index is 12.5. The number of thiophene rings is 1. The zero-order valence-corrected chi connectivity index (χ0v) is 13.1. The number of hydrogen-bond donors (Lipinski definition) is 0. The molecule has 2 rings (SSSR count). The largest absolute Gasteiger partial charge is 0.462 e. The quantitative estimate of drug-likeness (QED) is 0.808. The Kier molecular flexibility index (Phi) is 4.22. The van der Waals surface area contributed by atoms with Gasteiger partial charge < -0.3 is 4.74 Å². The second-order valence-corrected chi connectivity index (χ2v) is 5.70. The van der Waals surface area contributed by atoms with Crippen LogP contribution in [0.5, 0.6) is 0 Å². The first-order chi connectivity index (χ1) is 9.88. The van der Waals surface area contributed by atoms with Crippen molar-refractivity contribution < 1.29 is 14.3 Å². The third kappa shape index (κ3) is 2.61. The van der Waals surface area contributed by atoms with Gasteiger partial charge in [0.15, 0.2) is 5.78 Å². The summed E-state index contributed by atoms with van der Waals surface area (Å²) in [6.07, 6.45) is 1.35. The first-order valence-electron chi connectivity index (χ1n) is 6.56. The van der Waals surface area contributed by atoms with Gasteiger partial charge in [-0.3, -0.25) is 14.2 Å². The lowest BCUT2D eigenvalue weighted by Gasteiger charge is -2.10. The number of nitrogens with zero attached hydrogens (tertiary/aromatic N) is 2. The minimum atomic E-state index is -0.584. The van der Waals surface area contributed by atoms with E-state index in [9.17, 15) is 14.4 Å². The lowest BCUT2D eigenvalue weighted by Crippen LogP contribution is -2.27. The van der Waals surface area contributed by atoms with Crippen LogP contribution in [-0.4, -0.2) is 27.9 Å². The van der Waals surface area contributed by atoms with E-state index in [0.717, 1.165) is 11.3 Å². The number of rotatable bonds is 4. The van der Waals surface area contributed by atoms with Gasteiger partial charge in [0, 0.05) is 0 Å². The fourth-order valence-electron chi connectivity index (χ4n) is 2.00. The van der Waals surface area contributed by atoms with E-state index < -0.39 is 12.0 Å². The lowest BCUT2D eigenvalue weighted by molar-refractivity contribution is -0.119. The Balaban J connectivity index is 2.66. The zero-order valence-electron chi connectivity index (χ0n) is 12.3. The summed E-state index contributed by atoms with van der Waals surface area (Å²) in [5.41, 5.74) is 0.239. The van der Waals surface area contributed by atoms with Gasteiger partial charge in [-0.25, -0.2) is 9.78 Å². The zero-order chi connectivity index (χ0) is 15.7. The number of aromatic nitrogens is 2. The van der Waals surface area contributed by atoms with Gasteiger partial charge in [-0.15, -0.1) is 11.3 Å². The van der Waals surface area contributed by atoms with Crippen LogP contribution < -0.4 is 5.56 Å². The summed E-state index contributed by atoms with van der Waals surface area (Å²) < 4.78 is 6.27. The standard InChI is InChI=1S/C14H16N2O4S/c1-5-20-14(19)11-7(2)10-12(21-11)15-6-16(13(10)18)8(3)9(4)17/h6,8H,5H2,1-4H3/t8-/m1/s1. The summed E-state index contributed by atoms with van der Waals surface area (Å²) in [6.45, 7) is 6.75. The van der Waals surface area contributed by atoms with Crippen molar-refractivity contribution in [3.8, 4) is 0 Å². The molecule has 0 saturated carbocycles. The molecule has 0 radical (unpaired) electrons. The molecule has 0 saturated heterocycles.